The minimum absolute atomic E-state index is 1.64. The quantitative estimate of drug-likeness (QED) is 0.600. The Balaban J connectivity index is 0. The molecule has 0 saturated heterocycles. The zero-order valence-electron chi connectivity index (χ0n) is 8.60. The molecule has 0 N–H and O–H groups in total. The Labute approximate surface area is 87.6 Å². The first-order valence-electron chi connectivity index (χ1n) is 4.30. The van der Waals surface area contributed by atoms with E-state index in [0.717, 1.165) is 0 Å². The van der Waals surface area contributed by atoms with Crippen molar-refractivity contribution >= 4 is 0 Å². The van der Waals surface area contributed by atoms with Crippen LogP contribution in [0, 0.1) is 0 Å². The summed E-state index contributed by atoms with van der Waals surface area (Å²) in [6.45, 7) is 13.4. The van der Waals surface area contributed by atoms with E-state index in [1.165, 1.54) is 0 Å². The largest absolute Gasteiger partial charge is 0.0991 e. The second kappa shape index (κ2) is 17.3. The van der Waals surface area contributed by atoms with E-state index in [-0.39, 0.29) is 0 Å². The van der Waals surface area contributed by atoms with E-state index in [4.69, 9.17) is 0 Å². The summed E-state index contributed by atoms with van der Waals surface area (Å²) in [5, 5.41) is 0. The van der Waals surface area contributed by atoms with Crippen LogP contribution in [0.4, 0.5) is 0 Å². The fraction of sp³-hybridized carbons (Fsp3) is 0. The third-order valence-electron chi connectivity index (χ3n) is 1.00. The van der Waals surface area contributed by atoms with Crippen LogP contribution in [0.1, 0.15) is 0 Å². The van der Waals surface area contributed by atoms with E-state index in [2.05, 4.69) is 26.3 Å². The molecule has 0 nitrogen and oxygen atoms in total. The number of benzene rings is 1. The molecule has 0 aromatic heterocycles. The molecule has 0 aliphatic carbocycles. The normalized spacial score (nSPS) is 6.29. The third kappa shape index (κ3) is 22.5. The number of rotatable bonds is 2. The van der Waals surface area contributed by atoms with Crippen LogP contribution in [-0.4, -0.2) is 0 Å². The molecule has 0 unspecified atom stereocenters. The lowest BCUT2D eigenvalue weighted by Crippen LogP contribution is -1.47. The monoisotopic (exact) mass is 186 g/mol. The van der Waals surface area contributed by atoms with Gasteiger partial charge in [0.2, 0.25) is 0 Å². The lowest BCUT2D eigenvalue weighted by molar-refractivity contribution is 1.72. The molecule has 0 atom stereocenters. The first-order chi connectivity index (χ1) is 6.83. The molecule has 0 aliphatic rings. The molecule has 0 fully saturated rings. The highest BCUT2D eigenvalue weighted by atomic mass is 13.6. The summed E-state index contributed by atoms with van der Waals surface area (Å²) in [4.78, 5) is 0. The molecule has 0 aliphatic heterocycles. The predicted molar refractivity (Wildman–Crippen MR) is 67.2 cm³/mol. The first-order valence-corrected chi connectivity index (χ1v) is 4.30. The van der Waals surface area contributed by atoms with Crippen LogP contribution in [0.5, 0.6) is 0 Å². The van der Waals surface area contributed by atoms with Crippen LogP contribution in [0.3, 0.4) is 0 Å². The van der Waals surface area contributed by atoms with Crippen LogP contribution in [0.15, 0.2) is 87.0 Å². The summed E-state index contributed by atoms with van der Waals surface area (Å²) in [6.07, 6.45) is 6.56. The maximum absolute atomic E-state index is 3.36. The Morgan fingerprint density at radius 2 is 0.571 bits per heavy atom. The summed E-state index contributed by atoms with van der Waals surface area (Å²) in [5.74, 6) is 0. The molecule has 1 aromatic carbocycles. The van der Waals surface area contributed by atoms with Crippen LogP contribution in [-0.2, 0) is 0 Å². The van der Waals surface area contributed by atoms with E-state index in [9.17, 15) is 0 Å². The Hall–Kier alpha value is -1.82. The van der Waals surface area contributed by atoms with Crippen molar-refractivity contribution in [2.24, 2.45) is 0 Å². The topological polar surface area (TPSA) is 0 Å². The van der Waals surface area contributed by atoms with Gasteiger partial charge >= 0.3 is 0 Å². The molecule has 1 aromatic rings. The highest BCUT2D eigenvalue weighted by Gasteiger charge is 1.57. The minimum Gasteiger partial charge on any atom is -0.0991 e. The average molecular weight is 186 g/mol. The van der Waals surface area contributed by atoms with Crippen molar-refractivity contribution in [2.75, 3.05) is 0 Å². The van der Waals surface area contributed by atoms with Crippen molar-refractivity contribution in [3.8, 4) is 0 Å². The van der Waals surface area contributed by atoms with Gasteiger partial charge in [-0.15, -0.1) is 0 Å². The average Bonchev–Trinajstić information content (AvgIpc) is 2.32. The lowest BCUT2D eigenvalue weighted by Gasteiger charge is -1.69. The first kappa shape index (κ1) is 14.7. The van der Waals surface area contributed by atoms with Crippen LogP contribution in [0.2, 0.25) is 0 Å². The molecular formula is C14H18. The van der Waals surface area contributed by atoms with E-state index in [1.54, 1.807) is 24.3 Å². The fourth-order valence-electron chi connectivity index (χ4n) is 0.385. The van der Waals surface area contributed by atoms with Gasteiger partial charge in [0, 0.05) is 0 Å². The number of allylic oxidation sites excluding steroid dienone is 4. The zero-order valence-corrected chi connectivity index (χ0v) is 8.60. The summed E-state index contributed by atoms with van der Waals surface area (Å²) < 4.78 is 0. The smallest absolute Gasteiger partial charge is 0.0623 e. The van der Waals surface area contributed by atoms with Crippen molar-refractivity contribution in [3.05, 3.63) is 87.0 Å². The van der Waals surface area contributed by atoms with Crippen molar-refractivity contribution in [3.63, 3.8) is 0 Å². The third-order valence-corrected chi connectivity index (χ3v) is 1.00. The van der Waals surface area contributed by atoms with E-state index < -0.39 is 0 Å². The second-order valence-electron chi connectivity index (χ2n) is 2.10. The van der Waals surface area contributed by atoms with Crippen LogP contribution in [0.25, 0.3) is 0 Å². The van der Waals surface area contributed by atoms with Gasteiger partial charge in [-0.2, -0.15) is 0 Å². The van der Waals surface area contributed by atoms with Gasteiger partial charge in [-0.3, -0.25) is 0 Å². The van der Waals surface area contributed by atoms with Crippen molar-refractivity contribution in [1.29, 1.82) is 0 Å². The lowest BCUT2D eigenvalue weighted by atomic mass is 10.4. The molecule has 0 heterocycles. The second-order valence-corrected chi connectivity index (χ2v) is 2.10. The molecule has 0 bridgehead atoms. The standard InChI is InChI=1S/C6H6.2C4H6/c1-2-4-6-5-3-1;2*1-3-4-2/h1-6H;2*3-4H,1-2H2. The van der Waals surface area contributed by atoms with E-state index >= 15 is 0 Å². The van der Waals surface area contributed by atoms with Crippen molar-refractivity contribution in [1.82, 2.24) is 0 Å². The molecule has 0 radical (unpaired) electrons. The summed E-state index contributed by atoms with van der Waals surface area (Å²) >= 11 is 0. The molecule has 0 heteroatoms. The maximum Gasteiger partial charge on any atom is -0.0623 e. The number of hydrogen-bond donors (Lipinski definition) is 0. The maximum atomic E-state index is 3.36. The fourth-order valence-corrected chi connectivity index (χ4v) is 0.385. The van der Waals surface area contributed by atoms with Crippen molar-refractivity contribution < 1.29 is 0 Å². The molecule has 0 spiro atoms. The Kier molecular flexibility index (Phi) is 18.2. The van der Waals surface area contributed by atoms with Gasteiger partial charge in [0.1, 0.15) is 0 Å². The molecule has 0 amide bonds. The Bertz CT molecular complexity index is 181. The molecule has 14 heavy (non-hydrogen) atoms. The van der Waals surface area contributed by atoms with Crippen molar-refractivity contribution in [2.45, 2.75) is 0 Å². The molecule has 0 saturated carbocycles. The number of hydrogen-bond acceptors (Lipinski definition) is 0. The van der Waals surface area contributed by atoms with Gasteiger partial charge in [-0.25, -0.2) is 0 Å². The minimum atomic E-state index is 1.64. The molecule has 1 rings (SSSR count). The predicted octanol–water partition coefficient (Wildman–Crippen LogP) is 4.40. The van der Waals surface area contributed by atoms with Gasteiger partial charge in [0.05, 0.1) is 0 Å². The van der Waals surface area contributed by atoms with Gasteiger partial charge in [0.25, 0.3) is 0 Å². The highest BCUT2D eigenvalue weighted by Crippen LogP contribution is 1.79. The summed E-state index contributed by atoms with van der Waals surface area (Å²) in [6, 6.07) is 12.0. The van der Waals surface area contributed by atoms with Gasteiger partial charge in [-0.05, 0) is 0 Å². The molecule has 74 valence electrons. The van der Waals surface area contributed by atoms with Gasteiger partial charge in [0.15, 0.2) is 0 Å². The van der Waals surface area contributed by atoms with Crippen LogP contribution >= 0.6 is 0 Å². The summed E-state index contributed by atoms with van der Waals surface area (Å²) in [5.41, 5.74) is 0. The highest BCUT2D eigenvalue weighted by molar-refractivity contribution is 4.99. The van der Waals surface area contributed by atoms with E-state index in [1.807, 2.05) is 36.4 Å². The van der Waals surface area contributed by atoms with Crippen LogP contribution < -0.4 is 0 Å². The van der Waals surface area contributed by atoms with Gasteiger partial charge < -0.3 is 0 Å². The summed E-state index contributed by atoms with van der Waals surface area (Å²) in [7, 11) is 0. The van der Waals surface area contributed by atoms with Gasteiger partial charge in [-0.1, -0.05) is 87.0 Å². The zero-order chi connectivity index (χ0) is 11.1. The Morgan fingerprint density at radius 3 is 0.643 bits per heavy atom. The molecular weight excluding hydrogens is 168 g/mol. The Morgan fingerprint density at radius 1 is 0.429 bits per heavy atom. The SMILES string of the molecule is C=CC=C.C=CC=C.c1ccccc1. The van der Waals surface area contributed by atoms with E-state index in [0.29, 0.717) is 0 Å².